The molecule has 3 rings (SSSR count). The van der Waals surface area contributed by atoms with Crippen LogP contribution < -0.4 is 20.1 Å². The molecule has 24 heavy (non-hydrogen) atoms. The fraction of sp³-hybridized carbons (Fsp3) is 0.125. The number of ether oxygens (including phenoxy) is 2. The van der Waals surface area contributed by atoms with Crippen molar-refractivity contribution in [1.82, 2.24) is 0 Å². The predicted octanol–water partition coefficient (Wildman–Crippen LogP) is 2.83. The molecular formula is C16H12ClFN2O4. The van der Waals surface area contributed by atoms with Gasteiger partial charge in [-0.3, -0.25) is 9.59 Å². The highest BCUT2D eigenvalue weighted by atomic mass is 35.5. The molecule has 6 nitrogen and oxygen atoms in total. The standard InChI is InChI=1S/C16H12ClFN2O4/c17-11-7-9(1-3-12(11)18)19-15(21)16(22)20-10-2-4-13-14(8-10)24-6-5-23-13/h1-4,7-8H,5-6H2,(H,19,21)(H,20,22). The number of fused-ring (bicyclic) bond motifs is 1. The van der Waals surface area contributed by atoms with Gasteiger partial charge in [-0.2, -0.15) is 0 Å². The van der Waals surface area contributed by atoms with Gasteiger partial charge in [0.05, 0.1) is 5.02 Å². The van der Waals surface area contributed by atoms with Crippen molar-refractivity contribution in [2.24, 2.45) is 0 Å². The van der Waals surface area contributed by atoms with Crippen molar-refractivity contribution in [1.29, 1.82) is 0 Å². The van der Waals surface area contributed by atoms with Gasteiger partial charge in [0.15, 0.2) is 11.5 Å². The van der Waals surface area contributed by atoms with Crippen LogP contribution in [0.5, 0.6) is 11.5 Å². The zero-order valence-corrected chi connectivity index (χ0v) is 13.0. The van der Waals surface area contributed by atoms with Crippen LogP contribution in [0.15, 0.2) is 36.4 Å². The van der Waals surface area contributed by atoms with E-state index in [0.717, 1.165) is 6.07 Å². The number of amides is 2. The molecule has 0 fully saturated rings. The number of hydrogen-bond acceptors (Lipinski definition) is 4. The highest BCUT2D eigenvalue weighted by Crippen LogP contribution is 2.32. The van der Waals surface area contributed by atoms with Crippen LogP contribution in [0, 0.1) is 5.82 Å². The maximum Gasteiger partial charge on any atom is 0.314 e. The molecule has 0 radical (unpaired) electrons. The summed E-state index contributed by atoms with van der Waals surface area (Å²) in [6.45, 7) is 0.873. The average Bonchev–Trinajstić information content (AvgIpc) is 2.58. The Hall–Kier alpha value is -2.80. The van der Waals surface area contributed by atoms with Crippen molar-refractivity contribution in [3.8, 4) is 11.5 Å². The Kier molecular flexibility index (Phi) is 4.52. The third-order valence-electron chi connectivity index (χ3n) is 3.18. The second kappa shape index (κ2) is 6.76. The zero-order chi connectivity index (χ0) is 17.1. The van der Waals surface area contributed by atoms with E-state index in [2.05, 4.69) is 10.6 Å². The molecule has 0 bridgehead atoms. The van der Waals surface area contributed by atoms with E-state index < -0.39 is 17.6 Å². The van der Waals surface area contributed by atoms with E-state index in [9.17, 15) is 14.0 Å². The second-order valence-electron chi connectivity index (χ2n) is 4.90. The van der Waals surface area contributed by atoms with Gasteiger partial charge in [-0.05, 0) is 30.3 Å². The quantitative estimate of drug-likeness (QED) is 0.817. The molecule has 1 aliphatic heterocycles. The van der Waals surface area contributed by atoms with Crippen LogP contribution in [-0.4, -0.2) is 25.0 Å². The minimum absolute atomic E-state index is 0.153. The number of halogens is 2. The van der Waals surface area contributed by atoms with E-state index in [1.54, 1.807) is 18.2 Å². The number of carbonyl (C=O) groups excluding carboxylic acids is 2. The molecule has 0 unspecified atom stereocenters. The number of hydrogen-bond donors (Lipinski definition) is 2. The van der Waals surface area contributed by atoms with Gasteiger partial charge in [-0.25, -0.2) is 4.39 Å². The maximum absolute atomic E-state index is 13.1. The van der Waals surface area contributed by atoms with Crippen molar-refractivity contribution in [2.75, 3.05) is 23.8 Å². The van der Waals surface area contributed by atoms with Gasteiger partial charge >= 0.3 is 11.8 Å². The lowest BCUT2D eigenvalue weighted by molar-refractivity contribution is -0.133. The highest BCUT2D eigenvalue weighted by molar-refractivity contribution is 6.43. The van der Waals surface area contributed by atoms with E-state index >= 15 is 0 Å². The van der Waals surface area contributed by atoms with Crippen LogP contribution in [0.1, 0.15) is 0 Å². The van der Waals surface area contributed by atoms with Gasteiger partial charge in [-0.15, -0.1) is 0 Å². The van der Waals surface area contributed by atoms with Crippen molar-refractivity contribution in [3.05, 3.63) is 47.2 Å². The van der Waals surface area contributed by atoms with Gasteiger partial charge in [-0.1, -0.05) is 11.6 Å². The van der Waals surface area contributed by atoms with Gasteiger partial charge in [0, 0.05) is 17.4 Å². The van der Waals surface area contributed by atoms with Gasteiger partial charge in [0.2, 0.25) is 0 Å². The lowest BCUT2D eigenvalue weighted by Crippen LogP contribution is -2.29. The molecule has 0 spiro atoms. The Morgan fingerprint density at radius 1 is 0.917 bits per heavy atom. The van der Waals surface area contributed by atoms with Crippen molar-refractivity contribution < 1.29 is 23.5 Å². The Balaban J connectivity index is 1.65. The van der Waals surface area contributed by atoms with Crippen molar-refractivity contribution in [2.45, 2.75) is 0 Å². The highest BCUT2D eigenvalue weighted by Gasteiger charge is 2.17. The summed E-state index contributed by atoms with van der Waals surface area (Å²) in [6, 6.07) is 8.41. The van der Waals surface area contributed by atoms with Crippen LogP contribution >= 0.6 is 11.6 Å². The summed E-state index contributed by atoms with van der Waals surface area (Å²) >= 11 is 5.62. The molecule has 1 aliphatic rings. The molecule has 1 heterocycles. The maximum atomic E-state index is 13.1. The van der Waals surface area contributed by atoms with Crippen LogP contribution in [0.3, 0.4) is 0 Å². The third-order valence-corrected chi connectivity index (χ3v) is 3.47. The normalized spacial score (nSPS) is 12.4. The van der Waals surface area contributed by atoms with Gasteiger partial charge in [0.1, 0.15) is 19.0 Å². The Morgan fingerprint density at radius 2 is 1.50 bits per heavy atom. The van der Waals surface area contributed by atoms with Crippen molar-refractivity contribution >= 4 is 34.8 Å². The number of carbonyl (C=O) groups is 2. The SMILES string of the molecule is O=C(Nc1ccc(F)c(Cl)c1)C(=O)Nc1ccc2c(c1)OCCO2. The molecular weight excluding hydrogens is 339 g/mol. The monoisotopic (exact) mass is 350 g/mol. The van der Waals surface area contributed by atoms with E-state index in [1.807, 2.05) is 0 Å². The largest absolute Gasteiger partial charge is 0.486 e. The lowest BCUT2D eigenvalue weighted by atomic mass is 10.2. The summed E-state index contributed by atoms with van der Waals surface area (Å²) in [7, 11) is 0. The van der Waals surface area contributed by atoms with Crippen LogP contribution in [-0.2, 0) is 9.59 Å². The summed E-state index contributed by atoms with van der Waals surface area (Å²) in [5.41, 5.74) is 0.597. The molecule has 0 saturated heterocycles. The lowest BCUT2D eigenvalue weighted by Gasteiger charge is -2.18. The number of rotatable bonds is 2. The Morgan fingerprint density at radius 3 is 2.17 bits per heavy atom. The summed E-state index contributed by atoms with van der Waals surface area (Å²) in [5.74, 6) is -1.34. The molecule has 0 atom stereocenters. The van der Waals surface area contributed by atoms with Crippen molar-refractivity contribution in [3.63, 3.8) is 0 Å². The van der Waals surface area contributed by atoms with E-state index in [4.69, 9.17) is 21.1 Å². The summed E-state index contributed by atoms with van der Waals surface area (Å²) in [6.07, 6.45) is 0. The summed E-state index contributed by atoms with van der Waals surface area (Å²) in [4.78, 5) is 23.8. The van der Waals surface area contributed by atoms with Gasteiger partial charge < -0.3 is 20.1 Å². The first-order valence-corrected chi connectivity index (χ1v) is 7.38. The smallest absolute Gasteiger partial charge is 0.314 e. The number of benzene rings is 2. The Labute approximate surface area is 141 Å². The predicted molar refractivity (Wildman–Crippen MR) is 86.1 cm³/mol. The first kappa shape index (κ1) is 16.1. The molecule has 2 N–H and O–H groups in total. The minimum atomic E-state index is -0.910. The Bertz CT molecular complexity index is 813. The van der Waals surface area contributed by atoms with Crippen LogP contribution in [0.2, 0.25) is 5.02 Å². The average molecular weight is 351 g/mol. The molecule has 0 saturated carbocycles. The van der Waals surface area contributed by atoms with Gasteiger partial charge in [0.25, 0.3) is 0 Å². The van der Waals surface area contributed by atoms with E-state index in [1.165, 1.54) is 12.1 Å². The first-order chi connectivity index (χ1) is 11.5. The molecule has 0 aromatic heterocycles. The molecule has 124 valence electrons. The second-order valence-corrected chi connectivity index (χ2v) is 5.30. The molecule has 2 aromatic rings. The molecule has 2 aromatic carbocycles. The summed E-state index contributed by atoms with van der Waals surface area (Å²) in [5, 5.41) is 4.63. The first-order valence-electron chi connectivity index (χ1n) is 7.00. The van der Waals surface area contributed by atoms with E-state index in [0.29, 0.717) is 30.4 Å². The zero-order valence-electron chi connectivity index (χ0n) is 12.3. The van der Waals surface area contributed by atoms with Crippen LogP contribution in [0.25, 0.3) is 0 Å². The summed E-state index contributed by atoms with van der Waals surface area (Å²) < 4.78 is 23.8. The minimum Gasteiger partial charge on any atom is -0.486 e. The number of anilines is 2. The van der Waals surface area contributed by atoms with E-state index in [-0.39, 0.29) is 10.7 Å². The molecule has 0 aliphatic carbocycles. The molecule has 8 heteroatoms. The third kappa shape index (κ3) is 3.57. The number of nitrogens with one attached hydrogen (secondary N) is 2. The molecule has 2 amide bonds. The fourth-order valence-corrected chi connectivity index (χ4v) is 2.25. The fourth-order valence-electron chi connectivity index (χ4n) is 2.07. The van der Waals surface area contributed by atoms with Crippen LogP contribution in [0.4, 0.5) is 15.8 Å². The topological polar surface area (TPSA) is 76.7 Å².